The van der Waals surface area contributed by atoms with Crippen molar-refractivity contribution in [1.29, 1.82) is 0 Å². The summed E-state index contributed by atoms with van der Waals surface area (Å²) in [5.74, 6) is -0.399. The molecule has 0 saturated carbocycles. The van der Waals surface area contributed by atoms with E-state index in [0.29, 0.717) is 5.56 Å². The van der Waals surface area contributed by atoms with Crippen molar-refractivity contribution in [3.05, 3.63) is 23.8 Å². The Morgan fingerprint density at radius 3 is 1.88 bits per heavy atom. The first-order valence-electron chi connectivity index (χ1n) is 14.3. The topological polar surface area (TPSA) is 145 Å². The maximum Gasteiger partial charge on any atom is 0.514 e. The van der Waals surface area contributed by atoms with Gasteiger partial charge in [-0.3, -0.25) is 4.79 Å². The molecule has 12 heteroatoms. The normalized spacial score (nSPS) is 13.9. The minimum absolute atomic E-state index is 0.0369. The minimum atomic E-state index is -0.984. The Balaban J connectivity index is 3.01. The van der Waals surface area contributed by atoms with Gasteiger partial charge in [0.25, 0.3) is 0 Å². The average molecular weight is 598 g/mol. The number of ether oxygens (including phenoxy) is 7. The highest BCUT2D eigenvalue weighted by molar-refractivity contribution is 5.76. The van der Waals surface area contributed by atoms with E-state index in [1.54, 1.807) is 19.9 Å². The molecule has 1 aromatic rings. The first kappa shape index (κ1) is 36.5. The van der Waals surface area contributed by atoms with Crippen LogP contribution in [0.2, 0.25) is 0 Å². The van der Waals surface area contributed by atoms with E-state index in [2.05, 4.69) is 5.32 Å². The molecule has 3 unspecified atom stereocenters. The monoisotopic (exact) mass is 597 g/mol. The fourth-order valence-corrected chi connectivity index (χ4v) is 3.00. The van der Waals surface area contributed by atoms with Crippen LogP contribution >= 0.6 is 0 Å². The van der Waals surface area contributed by atoms with Crippen LogP contribution in [0.5, 0.6) is 11.5 Å². The molecule has 42 heavy (non-hydrogen) atoms. The molecule has 0 fully saturated rings. The van der Waals surface area contributed by atoms with Crippen molar-refractivity contribution in [1.82, 2.24) is 5.32 Å². The predicted octanol–water partition coefficient (Wildman–Crippen LogP) is 5.68. The Hall–Kier alpha value is -3.54. The summed E-state index contributed by atoms with van der Waals surface area (Å²) in [5.41, 5.74) is 0.544. The number of nitrogens with one attached hydrogen (secondary N) is 1. The van der Waals surface area contributed by atoms with Crippen LogP contribution < -0.4 is 14.8 Å². The van der Waals surface area contributed by atoms with Crippen molar-refractivity contribution >= 4 is 24.4 Å². The summed E-state index contributed by atoms with van der Waals surface area (Å²) < 4.78 is 36.3. The maximum absolute atomic E-state index is 12.5. The van der Waals surface area contributed by atoms with Gasteiger partial charge in [-0.15, -0.1) is 0 Å². The van der Waals surface area contributed by atoms with Crippen molar-refractivity contribution in [2.45, 2.75) is 86.5 Å². The van der Waals surface area contributed by atoms with E-state index in [4.69, 9.17) is 33.2 Å². The lowest BCUT2D eigenvalue weighted by atomic mass is 10.1. The lowest BCUT2D eigenvalue weighted by Crippen LogP contribution is -2.41. The molecule has 0 amide bonds. The number of esters is 1. The zero-order valence-corrected chi connectivity index (χ0v) is 26.2. The highest BCUT2D eigenvalue weighted by Gasteiger charge is 2.24. The first-order valence-corrected chi connectivity index (χ1v) is 14.3. The van der Waals surface area contributed by atoms with Crippen LogP contribution in [-0.4, -0.2) is 69.6 Å². The lowest BCUT2D eigenvalue weighted by molar-refractivity contribution is -0.143. The molecule has 0 bridgehead atoms. The number of hydrogen-bond acceptors (Lipinski definition) is 12. The summed E-state index contributed by atoms with van der Waals surface area (Å²) in [6, 6.07) is 3.65. The van der Waals surface area contributed by atoms with Gasteiger partial charge in [0.15, 0.2) is 11.5 Å². The van der Waals surface area contributed by atoms with Gasteiger partial charge in [0, 0.05) is 6.54 Å². The van der Waals surface area contributed by atoms with Crippen LogP contribution in [0, 0.1) is 17.8 Å². The number of hydrogen-bond donors (Lipinski definition) is 1. The summed E-state index contributed by atoms with van der Waals surface area (Å²) in [4.78, 5) is 49.1. The second-order valence-corrected chi connectivity index (χ2v) is 10.8. The third kappa shape index (κ3) is 13.9. The van der Waals surface area contributed by atoms with E-state index in [9.17, 15) is 19.2 Å². The molecule has 0 aromatic heterocycles. The molecule has 0 saturated heterocycles. The molecule has 0 aliphatic heterocycles. The van der Waals surface area contributed by atoms with Crippen molar-refractivity contribution in [2.75, 3.05) is 26.9 Å². The van der Waals surface area contributed by atoms with Crippen LogP contribution in [-0.2, 0) is 34.9 Å². The fourth-order valence-electron chi connectivity index (χ4n) is 3.00. The summed E-state index contributed by atoms with van der Waals surface area (Å²) >= 11 is 0. The number of carbonyl (C=O) groups excluding carboxylic acids is 4. The van der Waals surface area contributed by atoms with E-state index in [1.165, 1.54) is 19.2 Å². The van der Waals surface area contributed by atoms with Gasteiger partial charge in [-0.05, 0) is 55.7 Å². The zero-order chi connectivity index (χ0) is 31.8. The van der Waals surface area contributed by atoms with E-state index in [-0.39, 0.29) is 55.4 Å². The summed E-state index contributed by atoms with van der Waals surface area (Å²) in [6.45, 7) is 15.3. The SMILES string of the molecule is CCC(C)COC(=O)OCCN[C@@H](Cc1ccc(OC(=O)OC(C)C(C)C)c(OC(=O)OC(C)C(C)C)c1)C(=O)OC. The van der Waals surface area contributed by atoms with Crippen LogP contribution in [0.3, 0.4) is 0 Å². The molecule has 0 heterocycles. The van der Waals surface area contributed by atoms with E-state index in [1.807, 2.05) is 41.5 Å². The first-order chi connectivity index (χ1) is 19.8. The second kappa shape index (κ2) is 18.8. The smallest absolute Gasteiger partial charge is 0.468 e. The molecule has 0 radical (unpaired) electrons. The van der Waals surface area contributed by atoms with Gasteiger partial charge < -0.3 is 38.5 Å². The van der Waals surface area contributed by atoms with Crippen LogP contribution in [0.25, 0.3) is 0 Å². The van der Waals surface area contributed by atoms with Crippen LogP contribution in [0.15, 0.2) is 18.2 Å². The molecule has 0 aliphatic carbocycles. The Kier molecular flexibility index (Phi) is 16.3. The highest BCUT2D eigenvalue weighted by atomic mass is 16.8. The Morgan fingerprint density at radius 1 is 0.786 bits per heavy atom. The molecular formula is C30H47NO11. The van der Waals surface area contributed by atoms with Crippen LogP contribution in [0.1, 0.15) is 67.4 Å². The van der Waals surface area contributed by atoms with E-state index in [0.717, 1.165) is 6.42 Å². The molecule has 0 aliphatic rings. The molecule has 12 nitrogen and oxygen atoms in total. The lowest BCUT2D eigenvalue weighted by Gasteiger charge is -2.20. The fraction of sp³-hybridized carbons (Fsp3) is 0.667. The summed E-state index contributed by atoms with van der Waals surface area (Å²) in [5, 5.41) is 2.98. The largest absolute Gasteiger partial charge is 0.514 e. The van der Waals surface area contributed by atoms with Gasteiger partial charge in [-0.1, -0.05) is 54.0 Å². The van der Waals surface area contributed by atoms with Crippen molar-refractivity contribution in [2.24, 2.45) is 17.8 Å². The Labute approximate surface area is 248 Å². The number of carbonyl (C=O) groups is 4. The molecule has 1 aromatic carbocycles. The van der Waals surface area contributed by atoms with E-state index < -0.39 is 42.7 Å². The Morgan fingerprint density at radius 2 is 1.36 bits per heavy atom. The van der Waals surface area contributed by atoms with Gasteiger partial charge >= 0.3 is 24.4 Å². The summed E-state index contributed by atoms with van der Waals surface area (Å²) in [6.07, 6.45) is -2.59. The molecule has 1 rings (SSSR count). The number of methoxy groups -OCH3 is 1. The van der Waals surface area contributed by atoms with Gasteiger partial charge in [0.1, 0.15) is 24.9 Å². The second-order valence-electron chi connectivity index (χ2n) is 10.8. The molecule has 0 spiro atoms. The van der Waals surface area contributed by atoms with Gasteiger partial charge in [0.05, 0.1) is 13.7 Å². The molecule has 238 valence electrons. The summed E-state index contributed by atoms with van der Waals surface area (Å²) in [7, 11) is 1.25. The van der Waals surface area contributed by atoms with Crippen LogP contribution in [0.4, 0.5) is 14.4 Å². The maximum atomic E-state index is 12.5. The highest BCUT2D eigenvalue weighted by Crippen LogP contribution is 2.30. The third-order valence-electron chi connectivity index (χ3n) is 6.66. The molecular weight excluding hydrogens is 550 g/mol. The third-order valence-corrected chi connectivity index (χ3v) is 6.66. The quantitative estimate of drug-likeness (QED) is 0.108. The van der Waals surface area contributed by atoms with Crippen molar-refractivity contribution in [3.63, 3.8) is 0 Å². The standard InChI is InChI=1S/C30H47NO11/c1-10-20(6)17-38-28(33)37-14-13-31-24(27(32)36-9)15-23-11-12-25(41-29(34)39-21(7)18(2)3)26(16-23)42-30(35)40-22(8)19(4)5/h11-12,16,18-22,24,31H,10,13-15,17H2,1-9H3/t20?,21?,22?,24-/m0/s1. The van der Waals surface area contributed by atoms with Gasteiger partial charge in [-0.25, -0.2) is 14.4 Å². The average Bonchev–Trinajstić information content (AvgIpc) is 2.93. The zero-order valence-electron chi connectivity index (χ0n) is 26.2. The Bertz CT molecular complexity index is 1010. The van der Waals surface area contributed by atoms with Gasteiger partial charge in [0.2, 0.25) is 0 Å². The number of benzene rings is 1. The minimum Gasteiger partial charge on any atom is -0.468 e. The number of rotatable bonds is 16. The van der Waals surface area contributed by atoms with Crippen molar-refractivity contribution in [3.8, 4) is 11.5 Å². The van der Waals surface area contributed by atoms with Gasteiger partial charge in [-0.2, -0.15) is 0 Å². The molecule has 4 atom stereocenters. The van der Waals surface area contributed by atoms with Crippen molar-refractivity contribution < 1.29 is 52.3 Å². The molecule has 1 N–H and O–H groups in total. The predicted molar refractivity (Wildman–Crippen MR) is 154 cm³/mol. The van der Waals surface area contributed by atoms with E-state index >= 15 is 0 Å².